The van der Waals surface area contributed by atoms with Crippen LogP contribution in [0.2, 0.25) is 15.1 Å². The van der Waals surface area contributed by atoms with Gasteiger partial charge in [-0.1, -0.05) is 34.8 Å². The summed E-state index contributed by atoms with van der Waals surface area (Å²) < 4.78 is 21.2. The Morgan fingerprint density at radius 3 is 2.00 bits per heavy atom. The molecule has 0 spiro atoms. The van der Waals surface area contributed by atoms with Crippen LogP contribution in [0.5, 0.6) is 23.0 Å². The Balaban J connectivity index is 1.99. The van der Waals surface area contributed by atoms with Crippen LogP contribution in [-0.4, -0.2) is 33.8 Å². The lowest BCUT2D eigenvalue weighted by Gasteiger charge is -2.14. The molecule has 0 bridgehead atoms. The van der Waals surface area contributed by atoms with Gasteiger partial charge in [0.2, 0.25) is 5.75 Å². The number of rotatable bonds is 8. The standard InChI is InChI=1S/C18H18Cl3NO5/c1-24-15-4-10(5-16(25-2)18(15)26-3)8-22-17(23)9-27-14-7-12(20)11(19)6-13(14)21/h4-7H,8-9H2,1-3H3,(H,22,23). The average Bonchev–Trinajstić information content (AvgIpc) is 2.66. The van der Waals surface area contributed by atoms with Crippen LogP contribution in [0.1, 0.15) is 5.56 Å². The number of methoxy groups -OCH3 is 3. The number of ether oxygens (including phenoxy) is 4. The highest BCUT2D eigenvalue weighted by Gasteiger charge is 2.14. The van der Waals surface area contributed by atoms with Gasteiger partial charge >= 0.3 is 0 Å². The second-order valence-corrected chi connectivity index (χ2v) is 6.52. The van der Waals surface area contributed by atoms with Gasteiger partial charge in [0.25, 0.3) is 5.91 Å². The molecule has 0 saturated carbocycles. The fraction of sp³-hybridized carbons (Fsp3) is 0.278. The van der Waals surface area contributed by atoms with Gasteiger partial charge in [-0.25, -0.2) is 0 Å². The van der Waals surface area contributed by atoms with E-state index in [0.717, 1.165) is 5.56 Å². The molecule has 27 heavy (non-hydrogen) atoms. The average molecular weight is 435 g/mol. The minimum atomic E-state index is -0.342. The SMILES string of the molecule is COc1cc(CNC(=O)COc2cc(Cl)c(Cl)cc2Cl)cc(OC)c1OC. The molecule has 0 radical (unpaired) electrons. The zero-order valence-corrected chi connectivity index (χ0v) is 17.2. The number of carbonyl (C=O) groups excluding carboxylic acids is 1. The molecule has 0 atom stereocenters. The molecule has 6 nitrogen and oxygen atoms in total. The third-order valence-electron chi connectivity index (χ3n) is 3.55. The first-order valence-corrected chi connectivity index (χ1v) is 8.85. The Morgan fingerprint density at radius 2 is 1.44 bits per heavy atom. The molecule has 0 heterocycles. The van der Waals surface area contributed by atoms with E-state index >= 15 is 0 Å². The van der Waals surface area contributed by atoms with E-state index in [4.69, 9.17) is 53.8 Å². The normalized spacial score (nSPS) is 10.3. The van der Waals surface area contributed by atoms with Crippen LogP contribution in [0, 0.1) is 0 Å². The minimum absolute atomic E-state index is 0.234. The van der Waals surface area contributed by atoms with E-state index in [9.17, 15) is 4.79 Å². The number of carbonyl (C=O) groups is 1. The highest BCUT2D eigenvalue weighted by molar-refractivity contribution is 6.43. The predicted octanol–water partition coefficient (Wildman–Crippen LogP) is 4.37. The van der Waals surface area contributed by atoms with Crippen molar-refractivity contribution in [2.45, 2.75) is 6.54 Å². The van der Waals surface area contributed by atoms with Gasteiger partial charge in [0, 0.05) is 12.6 Å². The first kappa shape index (κ1) is 21.3. The van der Waals surface area contributed by atoms with E-state index in [1.54, 1.807) is 12.1 Å². The van der Waals surface area contributed by atoms with Crippen molar-refractivity contribution in [1.82, 2.24) is 5.32 Å². The van der Waals surface area contributed by atoms with E-state index in [1.807, 2.05) is 0 Å². The maximum absolute atomic E-state index is 12.1. The molecule has 0 aliphatic heterocycles. The highest BCUT2D eigenvalue weighted by Crippen LogP contribution is 2.38. The summed E-state index contributed by atoms with van der Waals surface area (Å²) in [5.41, 5.74) is 0.769. The van der Waals surface area contributed by atoms with E-state index < -0.39 is 0 Å². The Hall–Kier alpha value is -2.02. The van der Waals surface area contributed by atoms with Crippen molar-refractivity contribution in [3.05, 3.63) is 44.9 Å². The van der Waals surface area contributed by atoms with Crippen molar-refractivity contribution in [2.24, 2.45) is 0 Å². The van der Waals surface area contributed by atoms with Crippen molar-refractivity contribution in [2.75, 3.05) is 27.9 Å². The number of benzene rings is 2. The van der Waals surface area contributed by atoms with Gasteiger partial charge in [-0.2, -0.15) is 0 Å². The number of halogens is 3. The van der Waals surface area contributed by atoms with Crippen molar-refractivity contribution in [1.29, 1.82) is 0 Å². The van der Waals surface area contributed by atoms with E-state index in [1.165, 1.54) is 33.5 Å². The van der Waals surface area contributed by atoms with Gasteiger partial charge in [0.1, 0.15) is 5.75 Å². The van der Waals surface area contributed by atoms with Gasteiger partial charge in [-0.3, -0.25) is 4.79 Å². The van der Waals surface area contributed by atoms with Gasteiger partial charge in [0.05, 0.1) is 36.4 Å². The molecule has 2 aromatic rings. The lowest BCUT2D eigenvalue weighted by Crippen LogP contribution is -2.28. The zero-order chi connectivity index (χ0) is 20.0. The Kier molecular flexibility index (Phi) is 7.71. The molecule has 0 fully saturated rings. The van der Waals surface area contributed by atoms with Crippen molar-refractivity contribution in [3.8, 4) is 23.0 Å². The highest BCUT2D eigenvalue weighted by atomic mass is 35.5. The van der Waals surface area contributed by atoms with Crippen LogP contribution >= 0.6 is 34.8 Å². The zero-order valence-electron chi connectivity index (χ0n) is 14.9. The number of nitrogens with one attached hydrogen (secondary N) is 1. The Labute approximate surface area is 172 Å². The second kappa shape index (κ2) is 9.78. The maximum Gasteiger partial charge on any atom is 0.258 e. The van der Waals surface area contributed by atoms with Crippen LogP contribution in [0.25, 0.3) is 0 Å². The summed E-state index contributed by atoms with van der Waals surface area (Å²) in [4.78, 5) is 12.1. The Bertz CT molecular complexity index is 804. The molecule has 9 heteroatoms. The van der Waals surface area contributed by atoms with Crippen LogP contribution in [0.4, 0.5) is 0 Å². The molecule has 0 unspecified atom stereocenters. The largest absolute Gasteiger partial charge is 0.493 e. The molecule has 0 aliphatic carbocycles. The van der Waals surface area contributed by atoms with E-state index in [2.05, 4.69) is 5.32 Å². The van der Waals surface area contributed by atoms with Crippen LogP contribution < -0.4 is 24.3 Å². The molecule has 2 rings (SSSR count). The smallest absolute Gasteiger partial charge is 0.258 e. The number of hydrogen-bond acceptors (Lipinski definition) is 5. The van der Waals surface area contributed by atoms with Gasteiger partial charge in [-0.05, 0) is 23.8 Å². The van der Waals surface area contributed by atoms with Crippen molar-refractivity contribution < 1.29 is 23.7 Å². The second-order valence-electron chi connectivity index (χ2n) is 5.30. The fourth-order valence-corrected chi connectivity index (χ4v) is 2.84. The monoisotopic (exact) mass is 433 g/mol. The predicted molar refractivity (Wildman–Crippen MR) is 105 cm³/mol. The molecule has 1 amide bonds. The lowest BCUT2D eigenvalue weighted by molar-refractivity contribution is -0.123. The van der Waals surface area contributed by atoms with E-state index in [-0.39, 0.29) is 34.9 Å². The minimum Gasteiger partial charge on any atom is -0.493 e. The topological polar surface area (TPSA) is 66.0 Å². The molecular formula is C18H18Cl3NO5. The van der Waals surface area contributed by atoms with E-state index in [0.29, 0.717) is 22.3 Å². The van der Waals surface area contributed by atoms with Gasteiger partial charge in [-0.15, -0.1) is 0 Å². The van der Waals surface area contributed by atoms with Crippen molar-refractivity contribution in [3.63, 3.8) is 0 Å². The van der Waals surface area contributed by atoms with Gasteiger partial charge < -0.3 is 24.3 Å². The summed E-state index contributed by atoms with van der Waals surface area (Å²) in [6.07, 6.45) is 0. The third kappa shape index (κ3) is 5.48. The molecular weight excluding hydrogens is 417 g/mol. The molecule has 0 saturated heterocycles. The van der Waals surface area contributed by atoms with Crippen LogP contribution in [0.15, 0.2) is 24.3 Å². The lowest BCUT2D eigenvalue weighted by atomic mass is 10.1. The van der Waals surface area contributed by atoms with Crippen molar-refractivity contribution >= 4 is 40.7 Å². The Morgan fingerprint density at radius 1 is 0.852 bits per heavy atom. The number of hydrogen-bond donors (Lipinski definition) is 1. The third-order valence-corrected chi connectivity index (χ3v) is 4.57. The summed E-state index contributed by atoms with van der Waals surface area (Å²) in [6.45, 7) is 0.0100. The maximum atomic E-state index is 12.1. The summed E-state index contributed by atoms with van der Waals surface area (Å²) in [6, 6.07) is 6.41. The van der Waals surface area contributed by atoms with Crippen LogP contribution in [-0.2, 0) is 11.3 Å². The summed E-state index contributed by atoms with van der Waals surface area (Å²) in [5, 5.41) is 3.59. The number of amides is 1. The molecule has 0 aromatic heterocycles. The summed E-state index contributed by atoms with van der Waals surface area (Å²) in [7, 11) is 4.57. The molecule has 0 aliphatic rings. The van der Waals surface area contributed by atoms with Crippen LogP contribution in [0.3, 0.4) is 0 Å². The summed E-state index contributed by atoms with van der Waals surface area (Å²) in [5.74, 6) is 1.41. The molecule has 146 valence electrons. The van der Waals surface area contributed by atoms with Gasteiger partial charge in [0.15, 0.2) is 18.1 Å². The first-order chi connectivity index (χ1) is 12.9. The quantitative estimate of drug-likeness (QED) is 0.625. The fourth-order valence-electron chi connectivity index (χ4n) is 2.25. The molecule has 1 N–H and O–H groups in total. The summed E-state index contributed by atoms with van der Waals surface area (Å²) >= 11 is 17.8. The molecule has 2 aromatic carbocycles. The first-order valence-electron chi connectivity index (χ1n) is 7.72.